The largest absolute Gasteiger partial charge is 0.343 e. The van der Waals surface area contributed by atoms with Crippen molar-refractivity contribution >= 4 is 12.0 Å². The van der Waals surface area contributed by atoms with Crippen LogP contribution in [0, 0.1) is 11.6 Å². The molecule has 0 N–H and O–H groups in total. The fraction of sp³-hybridized carbons (Fsp3) is 0.357. The van der Waals surface area contributed by atoms with Crippen molar-refractivity contribution in [2.75, 3.05) is 13.1 Å². The third-order valence-corrected chi connectivity index (χ3v) is 2.84. The Kier molecular flexibility index (Phi) is 5.01. The number of nitrogens with zero attached hydrogens (tertiary/aromatic N) is 1. The number of carbonyl (C=O) groups is 1. The molecule has 0 saturated heterocycles. The quantitative estimate of drug-likeness (QED) is 0.790. The molecule has 4 heteroatoms. The van der Waals surface area contributed by atoms with Gasteiger partial charge in [-0.1, -0.05) is 12.7 Å². The van der Waals surface area contributed by atoms with Crippen molar-refractivity contribution in [1.29, 1.82) is 0 Å². The van der Waals surface area contributed by atoms with Gasteiger partial charge in [0.2, 0.25) is 5.91 Å². The first-order valence-electron chi connectivity index (χ1n) is 5.91. The van der Waals surface area contributed by atoms with E-state index in [1.165, 1.54) is 6.08 Å². The van der Waals surface area contributed by atoms with E-state index in [1.807, 2.05) is 13.8 Å². The average molecular weight is 253 g/mol. The van der Waals surface area contributed by atoms with Crippen LogP contribution in [0.3, 0.4) is 0 Å². The first-order chi connectivity index (χ1) is 8.53. The Bertz CT molecular complexity index is 453. The molecule has 1 aromatic rings. The van der Waals surface area contributed by atoms with Crippen molar-refractivity contribution in [2.45, 2.75) is 20.3 Å². The maximum absolute atomic E-state index is 13.7. The van der Waals surface area contributed by atoms with E-state index in [4.69, 9.17) is 0 Å². The van der Waals surface area contributed by atoms with E-state index < -0.39 is 11.6 Å². The lowest BCUT2D eigenvalue weighted by Crippen LogP contribution is -2.32. The summed E-state index contributed by atoms with van der Waals surface area (Å²) in [5.41, 5.74) is 0.182. The lowest BCUT2D eigenvalue weighted by molar-refractivity contribution is -0.130. The Morgan fingerprint density at radius 2 is 1.89 bits per heavy atom. The van der Waals surface area contributed by atoms with Gasteiger partial charge >= 0.3 is 0 Å². The van der Waals surface area contributed by atoms with Crippen LogP contribution >= 0.6 is 0 Å². The summed E-state index contributed by atoms with van der Waals surface area (Å²) >= 11 is 0. The van der Waals surface area contributed by atoms with Gasteiger partial charge in [-0.2, -0.15) is 0 Å². The van der Waals surface area contributed by atoms with Crippen LogP contribution in [0.1, 0.15) is 25.0 Å². The molecule has 0 aliphatic heterocycles. The molecule has 1 rings (SSSR count). The molecule has 0 radical (unpaired) electrons. The maximum Gasteiger partial charge on any atom is 0.227 e. The van der Waals surface area contributed by atoms with E-state index in [0.29, 0.717) is 13.1 Å². The van der Waals surface area contributed by atoms with Crippen molar-refractivity contribution in [3.05, 3.63) is 41.5 Å². The summed E-state index contributed by atoms with van der Waals surface area (Å²) in [6, 6.07) is 2.13. The second kappa shape index (κ2) is 6.28. The van der Waals surface area contributed by atoms with Gasteiger partial charge in [0.25, 0.3) is 0 Å². The second-order valence-electron chi connectivity index (χ2n) is 3.91. The molecular weight excluding hydrogens is 236 g/mol. The standard InChI is InChI=1S/C14H17F2NO/c1-4-10-7-13(16)11(8-12(10)15)9-14(18)17(5-2)6-3/h4,7-8H,1,5-6,9H2,2-3H3. The van der Waals surface area contributed by atoms with Crippen molar-refractivity contribution in [3.8, 4) is 0 Å². The molecule has 18 heavy (non-hydrogen) atoms. The van der Waals surface area contributed by atoms with Crippen LogP contribution in [-0.4, -0.2) is 23.9 Å². The SMILES string of the molecule is C=Cc1cc(F)c(CC(=O)N(CC)CC)cc1F. The van der Waals surface area contributed by atoms with Crippen LogP contribution in [0.25, 0.3) is 6.08 Å². The van der Waals surface area contributed by atoms with Crippen LogP contribution in [0.15, 0.2) is 18.7 Å². The number of halogens is 2. The van der Waals surface area contributed by atoms with Gasteiger partial charge in [-0.3, -0.25) is 4.79 Å². The number of rotatable bonds is 5. The molecule has 2 nitrogen and oxygen atoms in total. The highest BCUT2D eigenvalue weighted by Gasteiger charge is 2.15. The molecular formula is C14H17F2NO. The molecule has 0 fully saturated rings. The minimum Gasteiger partial charge on any atom is -0.343 e. The summed E-state index contributed by atoms with van der Waals surface area (Å²) in [5, 5.41) is 0. The molecule has 0 unspecified atom stereocenters. The minimum absolute atomic E-state index is 0.0787. The Hall–Kier alpha value is -1.71. The summed E-state index contributed by atoms with van der Waals surface area (Å²) in [6.45, 7) is 8.21. The van der Waals surface area contributed by atoms with E-state index in [2.05, 4.69) is 6.58 Å². The lowest BCUT2D eigenvalue weighted by atomic mass is 10.1. The molecule has 0 aromatic heterocycles. The van der Waals surface area contributed by atoms with Gasteiger partial charge in [0.15, 0.2) is 0 Å². The third-order valence-electron chi connectivity index (χ3n) is 2.84. The fourth-order valence-electron chi connectivity index (χ4n) is 1.75. The monoisotopic (exact) mass is 253 g/mol. The Morgan fingerprint density at radius 1 is 1.28 bits per heavy atom. The molecule has 1 amide bonds. The number of amides is 1. The highest BCUT2D eigenvalue weighted by molar-refractivity contribution is 5.78. The molecule has 0 atom stereocenters. The third kappa shape index (κ3) is 3.15. The highest BCUT2D eigenvalue weighted by atomic mass is 19.1. The molecule has 0 aliphatic rings. The van der Waals surface area contributed by atoms with Gasteiger partial charge in [-0.15, -0.1) is 0 Å². The van der Waals surface area contributed by atoms with Gasteiger partial charge < -0.3 is 4.90 Å². The molecule has 98 valence electrons. The lowest BCUT2D eigenvalue weighted by Gasteiger charge is -2.18. The number of carbonyl (C=O) groups excluding carboxylic acids is 1. The first-order valence-corrected chi connectivity index (χ1v) is 5.91. The zero-order valence-electron chi connectivity index (χ0n) is 10.7. The van der Waals surface area contributed by atoms with Crippen LogP contribution in [0.2, 0.25) is 0 Å². The molecule has 0 aliphatic carbocycles. The van der Waals surface area contributed by atoms with Crippen LogP contribution < -0.4 is 0 Å². The van der Waals surface area contributed by atoms with E-state index in [1.54, 1.807) is 4.90 Å². The van der Waals surface area contributed by atoms with E-state index in [9.17, 15) is 13.6 Å². The van der Waals surface area contributed by atoms with Crippen molar-refractivity contribution in [2.24, 2.45) is 0 Å². The Balaban J connectivity index is 2.95. The van der Waals surface area contributed by atoms with Gasteiger partial charge in [0.1, 0.15) is 11.6 Å². The minimum atomic E-state index is -0.577. The fourth-order valence-corrected chi connectivity index (χ4v) is 1.75. The molecule has 0 bridgehead atoms. The van der Waals surface area contributed by atoms with Gasteiger partial charge in [0.05, 0.1) is 6.42 Å². The van der Waals surface area contributed by atoms with Crippen LogP contribution in [-0.2, 0) is 11.2 Å². The summed E-state index contributed by atoms with van der Waals surface area (Å²) in [4.78, 5) is 13.4. The predicted octanol–water partition coefficient (Wildman–Crippen LogP) is 3.02. The van der Waals surface area contributed by atoms with Gasteiger partial charge in [-0.05, 0) is 26.0 Å². The van der Waals surface area contributed by atoms with Gasteiger partial charge in [0, 0.05) is 24.2 Å². The summed E-state index contributed by atoms with van der Waals surface area (Å²) in [5.74, 6) is -1.34. The van der Waals surface area contributed by atoms with Crippen molar-refractivity contribution in [3.63, 3.8) is 0 Å². The van der Waals surface area contributed by atoms with E-state index in [0.717, 1.165) is 12.1 Å². The molecule has 0 heterocycles. The topological polar surface area (TPSA) is 20.3 Å². The maximum atomic E-state index is 13.7. The molecule has 1 aromatic carbocycles. The molecule has 0 spiro atoms. The van der Waals surface area contributed by atoms with Crippen LogP contribution in [0.5, 0.6) is 0 Å². The van der Waals surface area contributed by atoms with Crippen LogP contribution in [0.4, 0.5) is 8.78 Å². The number of benzene rings is 1. The van der Waals surface area contributed by atoms with E-state index in [-0.39, 0.29) is 23.5 Å². The Labute approximate surface area is 106 Å². The van der Waals surface area contributed by atoms with E-state index >= 15 is 0 Å². The zero-order valence-corrected chi connectivity index (χ0v) is 10.7. The first kappa shape index (κ1) is 14.4. The number of hydrogen-bond donors (Lipinski definition) is 0. The second-order valence-corrected chi connectivity index (χ2v) is 3.91. The normalized spacial score (nSPS) is 10.2. The summed E-state index contributed by atoms with van der Waals surface area (Å²) < 4.78 is 27.1. The highest BCUT2D eigenvalue weighted by Crippen LogP contribution is 2.17. The smallest absolute Gasteiger partial charge is 0.227 e. The van der Waals surface area contributed by atoms with Crippen molar-refractivity contribution in [1.82, 2.24) is 4.90 Å². The number of likely N-dealkylation sites (N-methyl/N-ethyl adjacent to an activating group) is 1. The molecule has 0 saturated carbocycles. The summed E-state index contributed by atoms with van der Waals surface area (Å²) in [7, 11) is 0. The van der Waals surface area contributed by atoms with Gasteiger partial charge in [-0.25, -0.2) is 8.78 Å². The Morgan fingerprint density at radius 3 is 2.39 bits per heavy atom. The summed E-state index contributed by atoms with van der Waals surface area (Å²) in [6.07, 6.45) is 1.12. The number of hydrogen-bond acceptors (Lipinski definition) is 1. The zero-order chi connectivity index (χ0) is 13.7. The average Bonchev–Trinajstić information content (AvgIpc) is 2.34. The van der Waals surface area contributed by atoms with Crippen molar-refractivity contribution < 1.29 is 13.6 Å². The predicted molar refractivity (Wildman–Crippen MR) is 68.1 cm³/mol.